The van der Waals surface area contributed by atoms with E-state index in [0.717, 1.165) is 23.3 Å². The zero-order chi connectivity index (χ0) is 20.0. The van der Waals surface area contributed by atoms with Crippen LogP contribution in [-0.2, 0) is 14.6 Å². The Morgan fingerprint density at radius 2 is 1.89 bits per heavy atom. The van der Waals surface area contributed by atoms with Gasteiger partial charge in [0.15, 0.2) is 0 Å². The molecule has 0 atom stereocenters. The molecule has 3 aromatic rings. The second-order valence-corrected chi connectivity index (χ2v) is 7.07. The van der Waals surface area contributed by atoms with E-state index in [1.807, 2.05) is 55.5 Å². The summed E-state index contributed by atoms with van der Waals surface area (Å²) in [5.41, 5.74) is 3.40. The standard InChI is InChI=1S/C18H21N5O4S/c1-2-23(12-5-13-27-28(24,25)26)15-10-8-14(9-11-15)21-22-18-19-16-6-3-4-7-17(16)20-18/h3-4,6-11H,2,5,12-13H2,1H3,(H,19,20)(H,24,25,26). The Bertz CT molecular complexity index is 1010. The average Bonchev–Trinajstić information content (AvgIpc) is 3.09. The SMILES string of the molecule is CCN(CCCOS(=O)(=O)O)c1ccc(N=Nc2nc3ccccc3[nH]2)cc1. The molecule has 0 aliphatic carbocycles. The zero-order valence-corrected chi connectivity index (χ0v) is 16.1. The van der Waals surface area contributed by atoms with Gasteiger partial charge in [-0.05, 0) is 49.7 Å². The van der Waals surface area contributed by atoms with Crippen molar-refractivity contribution < 1.29 is 17.2 Å². The largest absolute Gasteiger partial charge is 0.397 e. The molecule has 1 heterocycles. The van der Waals surface area contributed by atoms with E-state index >= 15 is 0 Å². The number of para-hydroxylation sites is 2. The van der Waals surface area contributed by atoms with Gasteiger partial charge < -0.3 is 9.88 Å². The minimum absolute atomic E-state index is 0.0703. The fourth-order valence-corrected chi connectivity index (χ4v) is 3.04. The molecular formula is C18H21N5O4S. The van der Waals surface area contributed by atoms with Gasteiger partial charge >= 0.3 is 10.4 Å². The molecule has 148 valence electrons. The third-order valence-corrected chi connectivity index (χ3v) is 4.50. The van der Waals surface area contributed by atoms with E-state index in [2.05, 4.69) is 29.3 Å². The first-order valence-electron chi connectivity index (χ1n) is 8.78. The first kappa shape index (κ1) is 19.9. The van der Waals surface area contributed by atoms with Gasteiger partial charge in [0.05, 0.1) is 23.3 Å². The number of azo groups is 1. The van der Waals surface area contributed by atoms with E-state index in [9.17, 15) is 8.42 Å². The van der Waals surface area contributed by atoms with E-state index in [-0.39, 0.29) is 6.61 Å². The van der Waals surface area contributed by atoms with Crippen LogP contribution in [-0.4, -0.2) is 42.6 Å². The number of nitrogens with one attached hydrogen (secondary N) is 1. The summed E-state index contributed by atoms with van der Waals surface area (Å²) in [4.78, 5) is 9.50. The molecule has 1 aromatic heterocycles. The number of anilines is 1. The van der Waals surface area contributed by atoms with Crippen molar-refractivity contribution in [2.75, 3.05) is 24.6 Å². The topological polar surface area (TPSA) is 120 Å². The zero-order valence-electron chi connectivity index (χ0n) is 15.3. The molecule has 0 bridgehead atoms. The molecule has 0 saturated carbocycles. The lowest BCUT2D eigenvalue weighted by molar-refractivity contribution is 0.266. The van der Waals surface area contributed by atoms with Gasteiger partial charge in [0.2, 0.25) is 5.95 Å². The highest BCUT2D eigenvalue weighted by Gasteiger charge is 2.07. The number of aromatic amines is 1. The van der Waals surface area contributed by atoms with Gasteiger partial charge in [-0.25, -0.2) is 9.17 Å². The lowest BCUT2D eigenvalue weighted by Crippen LogP contribution is -2.25. The van der Waals surface area contributed by atoms with Gasteiger partial charge in [-0.1, -0.05) is 12.1 Å². The average molecular weight is 403 g/mol. The Morgan fingerprint density at radius 1 is 1.14 bits per heavy atom. The van der Waals surface area contributed by atoms with Gasteiger partial charge in [0.25, 0.3) is 0 Å². The van der Waals surface area contributed by atoms with E-state index in [4.69, 9.17) is 4.55 Å². The highest BCUT2D eigenvalue weighted by Crippen LogP contribution is 2.22. The predicted molar refractivity (Wildman–Crippen MR) is 107 cm³/mol. The molecule has 0 unspecified atom stereocenters. The monoisotopic (exact) mass is 403 g/mol. The first-order valence-corrected chi connectivity index (χ1v) is 10.1. The smallest absolute Gasteiger partial charge is 0.372 e. The number of benzene rings is 2. The van der Waals surface area contributed by atoms with Crippen LogP contribution in [0.3, 0.4) is 0 Å². The van der Waals surface area contributed by atoms with Crippen molar-refractivity contribution in [3.8, 4) is 0 Å². The fourth-order valence-electron chi connectivity index (χ4n) is 2.71. The highest BCUT2D eigenvalue weighted by molar-refractivity contribution is 7.80. The van der Waals surface area contributed by atoms with Gasteiger partial charge in [0.1, 0.15) is 0 Å². The normalized spacial score (nSPS) is 12.1. The second-order valence-electron chi connectivity index (χ2n) is 5.98. The molecule has 0 aliphatic rings. The van der Waals surface area contributed by atoms with Gasteiger partial charge in [-0.15, -0.1) is 10.2 Å². The van der Waals surface area contributed by atoms with Crippen LogP contribution in [0, 0.1) is 0 Å². The molecule has 0 spiro atoms. The van der Waals surface area contributed by atoms with E-state index < -0.39 is 10.4 Å². The Balaban J connectivity index is 1.59. The van der Waals surface area contributed by atoms with Crippen LogP contribution in [0.25, 0.3) is 11.0 Å². The third-order valence-electron chi connectivity index (χ3n) is 4.04. The lowest BCUT2D eigenvalue weighted by atomic mass is 10.2. The number of nitrogens with zero attached hydrogens (tertiary/aromatic N) is 4. The molecule has 10 heteroatoms. The van der Waals surface area contributed by atoms with Crippen LogP contribution in [0.15, 0.2) is 58.8 Å². The number of fused-ring (bicyclic) bond motifs is 1. The summed E-state index contributed by atoms with van der Waals surface area (Å²) in [6.07, 6.45) is 0.459. The molecular weight excluding hydrogens is 382 g/mol. The number of hydrogen-bond donors (Lipinski definition) is 2. The van der Waals surface area contributed by atoms with Crippen molar-refractivity contribution in [3.63, 3.8) is 0 Å². The Morgan fingerprint density at radius 3 is 2.57 bits per heavy atom. The summed E-state index contributed by atoms with van der Waals surface area (Å²) in [5, 5.41) is 8.34. The summed E-state index contributed by atoms with van der Waals surface area (Å²) in [7, 11) is -4.39. The van der Waals surface area contributed by atoms with E-state index in [1.54, 1.807) is 0 Å². The van der Waals surface area contributed by atoms with Crippen LogP contribution in [0.4, 0.5) is 17.3 Å². The van der Waals surface area contributed by atoms with Crippen LogP contribution >= 0.6 is 0 Å². The predicted octanol–water partition coefficient (Wildman–Crippen LogP) is 4.01. The molecule has 0 amide bonds. The molecule has 0 radical (unpaired) electrons. The van der Waals surface area contributed by atoms with Crippen molar-refractivity contribution in [3.05, 3.63) is 48.5 Å². The summed E-state index contributed by atoms with van der Waals surface area (Å²) in [6.45, 7) is 3.26. The molecule has 0 saturated heterocycles. The highest BCUT2D eigenvalue weighted by atomic mass is 32.3. The van der Waals surface area contributed by atoms with Crippen LogP contribution in [0.1, 0.15) is 13.3 Å². The van der Waals surface area contributed by atoms with Crippen molar-refractivity contribution in [2.24, 2.45) is 10.2 Å². The van der Waals surface area contributed by atoms with Crippen LogP contribution in [0.5, 0.6) is 0 Å². The molecule has 0 aliphatic heterocycles. The number of aromatic nitrogens is 2. The Kier molecular flexibility index (Phi) is 6.34. The molecule has 9 nitrogen and oxygen atoms in total. The number of rotatable bonds is 9. The van der Waals surface area contributed by atoms with Gasteiger partial charge in [0, 0.05) is 18.8 Å². The third kappa shape index (κ3) is 5.59. The number of H-pyrrole nitrogens is 1. The Labute approximate surface area is 163 Å². The van der Waals surface area contributed by atoms with Gasteiger partial charge in [-0.2, -0.15) is 8.42 Å². The maximum absolute atomic E-state index is 10.6. The van der Waals surface area contributed by atoms with Crippen molar-refractivity contribution >= 4 is 38.8 Å². The molecule has 2 N–H and O–H groups in total. The van der Waals surface area contributed by atoms with Gasteiger partial charge in [-0.3, -0.25) is 4.55 Å². The summed E-state index contributed by atoms with van der Waals surface area (Å²) in [5.74, 6) is 0.444. The van der Waals surface area contributed by atoms with E-state index in [0.29, 0.717) is 24.6 Å². The molecule has 0 fully saturated rings. The maximum atomic E-state index is 10.6. The number of hydrogen-bond acceptors (Lipinski definition) is 7. The summed E-state index contributed by atoms with van der Waals surface area (Å²) >= 11 is 0. The summed E-state index contributed by atoms with van der Waals surface area (Å²) in [6, 6.07) is 15.2. The summed E-state index contributed by atoms with van der Waals surface area (Å²) < 4.78 is 34.0. The van der Waals surface area contributed by atoms with Crippen LogP contribution < -0.4 is 4.90 Å². The van der Waals surface area contributed by atoms with Crippen molar-refractivity contribution in [1.29, 1.82) is 0 Å². The molecule has 28 heavy (non-hydrogen) atoms. The lowest BCUT2D eigenvalue weighted by Gasteiger charge is -2.22. The molecule has 2 aromatic carbocycles. The van der Waals surface area contributed by atoms with E-state index in [1.165, 1.54) is 0 Å². The first-order chi connectivity index (χ1) is 13.4. The van der Waals surface area contributed by atoms with Crippen molar-refractivity contribution in [2.45, 2.75) is 13.3 Å². The minimum atomic E-state index is -4.39. The fraction of sp³-hybridized carbons (Fsp3) is 0.278. The molecule has 3 rings (SSSR count). The second kappa shape index (κ2) is 8.91. The maximum Gasteiger partial charge on any atom is 0.397 e. The minimum Gasteiger partial charge on any atom is -0.372 e. The quantitative estimate of drug-likeness (QED) is 0.316. The Hall–Kier alpha value is -2.82. The van der Waals surface area contributed by atoms with Crippen LogP contribution in [0.2, 0.25) is 0 Å². The van der Waals surface area contributed by atoms with Crippen molar-refractivity contribution in [1.82, 2.24) is 9.97 Å². The number of imidazole rings is 1.